The van der Waals surface area contributed by atoms with E-state index >= 15 is 0 Å². The maximum Gasteiger partial charge on any atom is 0.272 e. The highest BCUT2D eigenvalue weighted by Crippen LogP contribution is 2.24. The van der Waals surface area contributed by atoms with Crippen LogP contribution in [0.15, 0.2) is 24.3 Å². The smallest absolute Gasteiger partial charge is 0.272 e. The van der Waals surface area contributed by atoms with Gasteiger partial charge in [-0.05, 0) is 57.0 Å². The molecule has 0 radical (unpaired) electrons. The predicted molar refractivity (Wildman–Crippen MR) is 96.3 cm³/mol. The lowest BCUT2D eigenvalue weighted by Gasteiger charge is -2.16. The molecular formula is C19H21N3O3. The number of hydrogen-bond donors (Lipinski definition) is 2. The van der Waals surface area contributed by atoms with Crippen LogP contribution in [0.2, 0.25) is 0 Å². The van der Waals surface area contributed by atoms with Gasteiger partial charge in [0.25, 0.3) is 5.91 Å². The number of benzene rings is 1. The number of aromatic nitrogens is 1. The van der Waals surface area contributed by atoms with E-state index in [0.29, 0.717) is 34.6 Å². The average Bonchev–Trinajstić information content (AvgIpc) is 3.11. The summed E-state index contributed by atoms with van der Waals surface area (Å²) >= 11 is 0. The van der Waals surface area contributed by atoms with Crippen molar-refractivity contribution in [3.63, 3.8) is 0 Å². The first-order chi connectivity index (χ1) is 11.9. The van der Waals surface area contributed by atoms with Gasteiger partial charge in [-0.2, -0.15) is 0 Å². The van der Waals surface area contributed by atoms with Gasteiger partial charge in [0.15, 0.2) is 5.78 Å². The third-order valence-corrected chi connectivity index (χ3v) is 4.53. The highest BCUT2D eigenvalue weighted by atomic mass is 16.2. The van der Waals surface area contributed by atoms with Gasteiger partial charge in [0.05, 0.1) is 0 Å². The van der Waals surface area contributed by atoms with Crippen LogP contribution in [0.25, 0.3) is 0 Å². The summed E-state index contributed by atoms with van der Waals surface area (Å²) in [5, 5.41) is 2.82. The Labute approximate surface area is 146 Å². The molecule has 0 bridgehead atoms. The molecule has 1 saturated heterocycles. The van der Waals surface area contributed by atoms with Gasteiger partial charge in [0.2, 0.25) is 5.91 Å². The molecule has 1 fully saturated rings. The molecular weight excluding hydrogens is 318 g/mol. The number of anilines is 2. The molecule has 0 aliphatic carbocycles. The molecule has 25 heavy (non-hydrogen) atoms. The summed E-state index contributed by atoms with van der Waals surface area (Å²) in [5.41, 5.74) is 3.78. The number of amides is 2. The quantitative estimate of drug-likeness (QED) is 0.839. The number of Topliss-reactive ketones (excluding diaryl/α,β-unsaturated/α-hetero) is 1. The highest BCUT2D eigenvalue weighted by Gasteiger charge is 2.22. The van der Waals surface area contributed by atoms with E-state index in [1.54, 1.807) is 30.9 Å². The van der Waals surface area contributed by atoms with Crippen LogP contribution in [0.4, 0.5) is 11.4 Å². The van der Waals surface area contributed by atoms with Gasteiger partial charge in [0.1, 0.15) is 5.69 Å². The SMILES string of the molecule is CC(=O)c1c(C)[nH]c(C(=O)Nc2ccc(N3CCCC3=O)cc2)c1C. The lowest BCUT2D eigenvalue weighted by molar-refractivity contribution is -0.117. The number of nitrogens with one attached hydrogen (secondary N) is 2. The Morgan fingerprint density at radius 1 is 1.16 bits per heavy atom. The summed E-state index contributed by atoms with van der Waals surface area (Å²) in [6, 6.07) is 7.20. The largest absolute Gasteiger partial charge is 0.354 e. The Balaban J connectivity index is 1.76. The predicted octanol–water partition coefficient (Wildman–Crippen LogP) is 3.21. The van der Waals surface area contributed by atoms with Crippen LogP contribution in [0.3, 0.4) is 0 Å². The van der Waals surface area contributed by atoms with Crippen LogP contribution >= 0.6 is 0 Å². The summed E-state index contributed by atoms with van der Waals surface area (Å²) in [6.07, 6.45) is 1.46. The highest BCUT2D eigenvalue weighted by molar-refractivity contribution is 6.07. The molecule has 1 aromatic carbocycles. The molecule has 1 aromatic heterocycles. The molecule has 3 rings (SSSR count). The van der Waals surface area contributed by atoms with E-state index in [9.17, 15) is 14.4 Å². The number of carbonyl (C=O) groups excluding carboxylic acids is 3. The first-order valence-corrected chi connectivity index (χ1v) is 8.30. The van der Waals surface area contributed by atoms with E-state index in [1.165, 1.54) is 6.92 Å². The summed E-state index contributed by atoms with van der Waals surface area (Å²) in [7, 11) is 0. The van der Waals surface area contributed by atoms with E-state index in [-0.39, 0.29) is 17.6 Å². The number of H-pyrrole nitrogens is 1. The molecule has 130 valence electrons. The lowest BCUT2D eigenvalue weighted by Crippen LogP contribution is -2.23. The van der Waals surface area contributed by atoms with Crippen LogP contribution in [-0.4, -0.2) is 29.1 Å². The first kappa shape index (κ1) is 17.0. The minimum Gasteiger partial charge on any atom is -0.354 e. The van der Waals surface area contributed by atoms with Crippen LogP contribution in [-0.2, 0) is 4.79 Å². The third-order valence-electron chi connectivity index (χ3n) is 4.53. The number of carbonyl (C=O) groups is 3. The summed E-state index contributed by atoms with van der Waals surface area (Å²) in [6.45, 7) is 5.77. The fraction of sp³-hybridized carbons (Fsp3) is 0.316. The summed E-state index contributed by atoms with van der Waals surface area (Å²) in [5.74, 6) is -0.228. The van der Waals surface area contributed by atoms with Crippen LogP contribution in [0, 0.1) is 13.8 Å². The molecule has 6 nitrogen and oxygen atoms in total. The van der Waals surface area contributed by atoms with Crippen molar-refractivity contribution in [2.75, 3.05) is 16.8 Å². The van der Waals surface area contributed by atoms with Crippen molar-refractivity contribution in [3.05, 3.63) is 46.8 Å². The number of rotatable bonds is 4. The molecule has 2 heterocycles. The van der Waals surface area contributed by atoms with Gasteiger partial charge in [0, 0.05) is 35.6 Å². The van der Waals surface area contributed by atoms with Crippen molar-refractivity contribution in [2.45, 2.75) is 33.6 Å². The Morgan fingerprint density at radius 2 is 1.84 bits per heavy atom. The zero-order chi connectivity index (χ0) is 18.1. The third kappa shape index (κ3) is 3.20. The fourth-order valence-electron chi connectivity index (χ4n) is 3.34. The zero-order valence-corrected chi connectivity index (χ0v) is 14.6. The van der Waals surface area contributed by atoms with Gasteiger partial charge in [-0.1, -0.05) is 0 Å². The Hall–Kier alpha value is -2.89. The van der Waals surface area contributed by atoms with Crippen molar-refractivity contribution in [1.29, 1.82) is 0 Å². The van der Waals surface area contributed by atoms with Crippen molar-refractivity contribution in [2.24, 2.45) is 0 Å². The first-order valence-electron chi connectivity index (χ1n) is 8.30. The molecule has 6 heteroatoms. The van der Waals surface area contributed by atoms with Gasteiger partial charge in [-0.25, -0.2) is 0 Å². The van der Waals surface area contributed by atoms with Crippen molar-refractivity contribution >= 4 is 29.0 Å². The Kier molecular flexibility index (Phi) is 4.44. The molecule has 0 unspecified atom stereocenters. The molecule has 0 saturated carbocycles. The molecule has 0 atom stereocenters. The molecule has 0 spiro atoms. The Morgan fingerprint density at radius 3 is 2.36 bits per heavy atom. The standard InChI is InChI=1S/C19H21N3O3/c1-11-17(13(3)23)12(2)20-18(11)19(25)21-14-6-8-15(9-7-14)22-10-4-5-16(22)24/h6-9,20H,4-5,10H2,1-3H3,(H,21,25). The van der Waals surface area contributed by atoms with Gasteiger partial charge in [-0.3, -0.25) is 14.4 Å². The minimum atomic E-state index is -0.293. The van der Waals surface area contributed by atoms with E-state index in [2.05, 4.69) is 10.3 Å². The monoisotopic (exact) mass is 339 g/mol. The fourth-order valence-corrected chi connectivity index (χ4v) is 3.34. The van der Waals surface area contributed by atoms with E-state index in [1.807, 2.05) is 12.1 Å². The van der Waals surface area contributed by atoms with Crippen LogP contribution in [0.1, 0.15) is 51.9 Å². The topological polar surface area (TPSA) is 82.3 Å². The lowest BCUT2D eigenvalue weighted by atomic mass is 10.1. The molecule has 2 amide bonds. The van der Waals surface area contributed by atoms with Crippen LogP contribution in [0.5, 0.6) is 0 Å². The van der Waals surface area contributed by atoms with Crippen molar-refractivity contribution in [1.82, 2.24) is 4.98 Å². The number of aryl methyl sites for hydroxylation is 1. The zero-order valence-electron chi connectivity index (χ0n) is 14.6. The number of hydrogen-bond acceptors (Lipinski definition) is 3. The second kappa shape index (κ2) is 6.55. The van der Waals surface area contributed by atoms with E-state index in [4.69, 9.17) is 0 Å². The summed E-state index contributed by atoms with van der Waals surface area (Å²) < 4.78 is 0. The molecule has 2 aromatic rings. The average molecular weight is 339 g/mol. The second-order valence-corrected chi connectivity index (χ2v) is 6.33. The maximum atomic E-state index is 12.5. The molecule has 1 aliphatic heterocycles. The second-order valence-electron chi connectivity index (χ2n) is 6.33. The minimum absolute atomic E-state index is 0.0649. The van der Waals surface area contributed by atoms with E-state index < -0.39 is 0 Å². The number of nitrogens with zero attached hydrogens (tertiary/aromatic N) is 1. The van der Waals surface area contributed by atoms with Gasteiger partial charge >= 0.3 is 0 Å². The van der Waals surface area contributed by atoms with Gasteiger partial charge < -0.3 is 15.2 Å². The van der Waals surface area contributed by atoms with Crippen molar-refractivity contribution in [3.8, 4) is 0 Å². The van der Waals surface area contributed by atoms with Gasteiger partial charge in [-0.15, -0.1) is 0 Å². The number of aromatic amines is 1. The van der Waals surface area contributed by atoms with Crippen molar-refractivity contribution < 1.29 is 14.4 Å². The maximum absolute atomic E-state index is 12.5. The number of ketones is 1. The van der Waals surface area contributed by atoms with E-state index in [0.717, 1.165) is 18.7 Å². The molecule has 1 aliphatic rings. The molecule has 2 N–H and O–H groups in total. The summed E-state index contributed by atoms with van der Waals surface area (Å²) in [4.78, 5) is 40.7. The van der Waals surface area contributed by atoms with Crippen LogP contribution < -0.4 is 10.2 Å². The normalized spacial score (nSPS) is 14.0. The Bertz CT molecular complexity index is 850.